The molecule has 6 nitrogen and oxygen atoms in total. The topological polar surface area (TPSA) is 106 Å². The van der Waals surface area contributed by atoms with Gasteiger partial charge in [-0.15, -0.1) is 0 Å². The zero-order valence-electron chi connectivity index (χ0n) is 10.9. The maximum Gasteiger partial charge on any atom is 0.232 e. The number of hydrogen-bond donors (Lipinski definition) is 2. The van der Waals surface area contributed by atoms with E-state index in [1.165, 1.54) is 0 Å². The van der Waals surface area contributed by atoms with Gasteiger partial charge in [-0.05, 0) is 11.1 Å². The van der Waals surface area contributed by atoms with Gasteiger partial charge in [-0.1, -0.05) is 31.2 Å². The number of hydrogen-bond acceptors (Lipinski definition) is 4. The van der Waals surface area contributed by atoms with Gasteiger partial charge in [-0.25, -0.2) is 8.42 Å². The smallest absolute Gasteiger partial charge is 0.232 e. The Morgan fingerprint density at radius 2 is 1.95 bits per heavy atom. The van der Waals surface area contributed by atoms with Gasteiger partial charge in [0, 0.05) is 13.1 Å². The van der Waals surface area contributed by atoms with Crippen molar-refractivity contribution in [3.8, 4) is 0 Å². The summed E-state index contributed by atoms with van der Waals surface area (Å²) in [6.45, 7) is 1.93. The van der Waals surface area contributed by atoms with E-state index in [2.05, 4.69) is 0 Å². The molecule has 7 heteroatoms. The van der Waals surface area contributed by atoms with E-state index in [-0.39, 0.29) is 18.8 Å². The first-order valence-electron chi connectivity index (χ1n) is 5.93. The third kappa shape index (κ3) is 4.62. The highest BCUT2D eigenvalue weighted by Crippen LogP contribution is 2.12. The molecule has 0 aliphatic rings. The Morgan fingerprint density at radius 1 is 1.32 bits per heavy atom. The highest BCUT2D eigenvalue weighted by Gasteiger charge is 2.22. The summed E-state index contributed by atoms with van der Waals surface area (Å²) >= 11 is 0. The number of nitrogens with two attached hydrogens (primary N) is 2. The second-order valence-electron chi connectivity index (χ2n) is 4.17. The largest absolute Gasteiger partial charge is 0.369 e. The average molecular weight is 285 g/mol. The van der Waals surface area contributed by atoms with Gasteiger partial charge in [-0.3, -0.25) is 4.79 Å². The lowest BCUT2D eigenvalue weighted by Gasteiger charge is -2.18. The minimum absolute atomic E-state index is 0.165. The highest BCUT2D eigenvalue weighted by atomic mass is 32.2. The van der Waals surface area contributed by atoms with Crippen LogP contribution in [0.4, 0.5) is 0 Å². The van der Waals surface area contributed by atoms with Crippen LogP contribution in [-0.2, 0) is 27.1 Å². The SMILES string of the molecule is CCN(CC(N)=O)S(=O)(=O)Cc1cccc(CN)c1. The van der Waals surface area contributed by atoms with E-state index < -0.39 is 15.9 Å². The summed E-state index contributed by atoms with van der Waals surface area (Å²) in [6.07, 6.45) is 0. The molecule has 0 saturated carbocycles. The molecule has 0 heterocycles. The van der Waals surface area contributed by atoms with Gasteiger partial charge >= 0.3 is 0 Å². The third-order valence-electron chi connectivity index (χ3n) is 2.65. The summed E-state index contributed by atoms with van der Waals surface area (Å²) in [6, 6.07) is 7.05. The van der Waals surface area contributed by atoms with E-state index in [4.69, 9.17) is 11.5 Å². The summed E-state index contributed by atoms with van der Waals surface area (Å²) < 4.78 is 25.4. The van der Waals surface area contributed by atoms with Crippen molar-refractivity contribution in [2.75, 3.05) is 13.1 Å². The van der Waals surface area contributed by atoms with Gasteiger partial charge in [-0.2, -0.15) is 4.31 Å². The molecule has 1 aromatic rings. The van der Waals surface area contributed by atoms with Crippen LogP contribution in [-0.4, -0.2) is 31.7 Å². The number of likely N-dealkylation sites (N-methyl/N-ethyl adjacent to an activating group) is 1. The Labute approximate surface area is 113 Å². The molecule has 0 unspecified atom stereocenters. The molecule has 4 N–H and O–H groups in total. The van der Waals surface area contributed by atoms with E-state index in [1.807, 2.05) is 6.07 Å². The molecule has 0 bridgehead atoms. The molecule has 1 rings (SSSR count). The summed E-state index contributed by atoms with van der Waals surface area (Å²) in [4.78, 5) is 10.9. The molecule has 0 spiro atoms. The zero-order chi connectivity index (χ0) is 14.5. The fourth-order valence-electron chi connectivity index (χ4n) is 1.73. The predicted octanol–water partition coefficient (Wildman–Crippen LogP) is -0.218. The Hall–Kier alpha value is -1.44. The van der Waals surface area contributed by atoms with E-state index >= 15 is 0 Å². The lowest BCUT2D eigenvalue weighted by molar-refractivity contribution is -0.118. The van der Waals surface area contributed by atoms with Crippen LogP contribution in [0.5, 0.6) is 0 Å². The molecule has 0 saturated heterocycles. The normalized spacial score (nSPS) is 11.7. The van der Waals surface area contributed by atoms with Crippen molar-refractivity contribution in [3.05, 3.63) is 35.4 Å². The van der Waals surface area contributed by atoms with Crippen molar-refractivity contribution in [2.45, 2.75) is 19.2 Å². The average Bonchev–Trinajstić information content (AvgIpc) is 2.35. The Kier molecular flexibility index (Phi) is 5.46. The molecule has 0 aliphatic carbocycles. The number of carbonyl (C=O) groups is 1. The van der Waals surface area contributed by atoms with Gasteiger partial charge < -0.3 is 11.5 Å². The van der Waals surface area contributed by atoms with Crippen LogP contribution < -0.4 is 11.5 Å². The first kappa shape index (κ1) is 15.6. The fourth-order valence-corrected chi connectivity index (χ4v) is 3.23. The van der Waals surface area contributed by atoms with Crippen LogP contribution in [0, 0.1) is 0 Å². The molecular weight excluding hydrogens is 266 g/mol. The summed E-state index contributed by atoms with van der Waals surface area (Å²) in [7, 11) is -3.55. The van der Waals surface area contributed by atoms with Gasteiger partial charge in [0.25, 0.3) is 0 Å². The number of rotatable bonds is 7. The van der Waals surface area contributed by atoms with Crippen LogP contribution in [0.25, 0.3) is 0 Å². The predicted molar refractivity (Wildman–Crippen MR) is 73.4 cm³/mol. The van der Waals surface area contributed by atoms with E-state index in [0.717, 1.165) is 9.87 Å². The number of sulfonamides is 1. The van der Waals surface area contributed by atoms with E-state index in [0.29, 0.717) is 12.1 Å². The first-order chi connectivity index (χ1) is 8.89. The van der Waals surface area contributed by atoms with E-state index in [9.17, 15) is 13.2 Å². The van der Waals surface area contributed by atoms with Crippen LogP contribution in [0.3, 0.4) is 0 Å². The number of nitrogens with zero attached hydrogens (tertiary/aromatic N) is 1. The molecule has 1 amide bonds. The van der Waals surface area contributed by atoms with Crippen LogP contribution in [0.2, 0.25) is 0 Å². The standard InChI is InChI=1S/C12H19N3O3S/c1-2-15(8-12(14)16)19(17,18)9-11-5-3-4-10(6-11)7-13/h3-6H,2,7-9,13H2,1H3,(H2,14,16). The highest BCUT2D eigenvalue weighted by molar-refractivity contribution is 7.88. The van der Waals surface area contributed by atoms with Crippen molar-refractivity contribution >= 4 is 15.9 Å². The monoisotopic (exact) mass is 285 g/mol. The van der Waals surface area contributed by atoms with Crippen LogP contribution in [0.15, 0.2) is 24.3 Å². The van der Waals surface area contributed by atoms with Crippen LogP contribution >= 0.6 is 0 Å². The Bertz CT molecular complexity index is 543. The minimum atomic E-state index is -3.55. The van der Waals surface area contributed by atoms with Gasteiger partial charge in [0.2, 0.25) is 15.9 Å². The molecular formula is C12H19N3O3S. The maximum absolute atomic E-state index is 12.2. The number of benzene rings is 1. The molecule has 0 radical (unpaired) electrons. The van der Waals surface area contributed by atoms with Gasteiger partial charge in [0.1, 0.15) is 0 Å². The van der Waals surface area contributed by atoms with Crippen molar-refractivity contribution in [3.63, 3.8) is 0 Å². The second kappa shape index (κ2) is 6.65. The quantitative estimate of drug-likeness (QED) is 0.722. The zero-order valence-corrected chi connectivity index (χ0v) is 11.7. The second-order valence-corrected chi connectivity index (χ2v) is 6.14. The lowest BCUT2D eigenvalue weighted by Crippen LogP contribution is -2.38. The van der Waals surface area contributed by atoms with Gasteiger partial charge in [0.15, 0.2) is 0 Å². The molecule has 0 aromatic heterocycles. The molecule has 106 valence electrons. The Morgan fingerprint density at radius 3 is 2.47 bits per heavy atom. The first-order valence-corrected chi connectivity index (χ1v) is 7.54. The summed E-state index contributed by atoms with van der Waals surface area (Å²) in [5.74, 6) is -0.830. The molecule has 19 heavy (non-hydrogen) atoms. The molecule has 0 fully saturated rings. The summed E-state index contributed by atoms with van der Waals surface area (Å²) in [5, 5.41) is 0. The van der Waals surface area contributed by atoms with Crippen molar-refractivity contribution < 1.29 is 13.2 Å². The number of amides is 1. The number of primary amides is 1. The summed E-state index contributed by atoms with van der Waals surface area (Å²) in [5.41, 5.74) is 12.1. The molecule has 1 aromatic carbocycles. The fraction of sp³-hybridized carbons (Fsp3) is 0.417. The Balaban J connectivity index is 2.91. The van der Waals surface area contributed by atoms with Crippen molar-refractivity contribution in [1.29, 1.82) is 0 Å². The van der Waals surface area contributed by atoms with Gasteiger partial charge in [0.05, 0.1) is 12.3 Å². The van der Waals surface area contributed by atoms with Crippen molar-refractivity contribution in [2.24, 2.45) is 11.5 Å². The molecule has 0 aliphatic heterocycles. The maximum atomic E-state index is 12.2. The minimum Gasteiger partial charge on any atom is -0.369 e. The van der Waals surface area contributed by atoms with E-state index in [1.54, 1.807) is 25.1 Å². The van der Waals surface area contributed by atoms with Crippen molar-refractivity contribution in [1.82, 2.24) is 4.31 Å². The molecule has 0 atom stereocenters. The van der Waals surface area contributed by atoms with Crippen LogP contribution in [0.1, 0.15) is 18.1 Å². The number of carbonyl (C=O) groups excluding carboxylic acids is 1. The third-order valence-corrected chi connectivity index (χ3v) is 4.53. The lowest BCUT2D eigenvalue weighted by atomic mass is 10.1.